The Morgan fingerprint density at radius 3 is 2.28 bits per heavy atom. The Morgan fingerprint density at radius 2 is 1.67 bits per heavy atom. The zero-order chi connectivity index (χ0) is 30.8. The summed E-state index contributed by atoms with van der Waals surface area (Å²) in [6.07, 6.45) is 12.8. The first-order valence-electron chi connectivity index (χ1n) is 16.4. The van der Waals surface area contributed by atoms with Crippen LogP contribution in [-0.4, -0.2) is 83.5 Å². The Balaban J connectivity index is 1.43. The van der Waals surface area contributed by atoms with Gasteiger partial charge in [-0.3, -0.25) is 14.5 Å². The van der Waals surface area contributed by atoms with Crippen molar-refractivity contribution < 1.29 is 23.9 Å². The maximum Gasteiger partial charge on any atom is 0.325 e. The van der Waals surface area contributed by atoms with Crippen molar-refractivity contribution >= 4 is 29.6 Å². The van der Waals surface area contributed by atoms with E-state index in [0.29, 0.717) is 62.0 Å². The average molecular weight is 598 g/mol. The molecule has 2 fully saturated rings. The van der Waals surface area contributed by atoms with Gasteiger partial charge in [0.05, 0.1) is 24.9 Å². The van der Waals surface area contributed by atoms with Crippen molar-refractivity contribution in [3.63, 3.8) is 0 Å². The molecular formula is C33H51N5O5. The van der Waals surface area contributed by atoms with E-state index >= 15 is 0 Å². The molecule has 3 aliphatic rings. The van der Waals surface area contributed by atoms with Gasteiger partial charge in [-0.15, -0.1) is 0 Å². The summed E-state index contributed by atoms with van der Waals surface area (Å²) in [6, 6.07) is 6.14. The Morgan fingerprint density at radius 1 is 1.02 bits per heavy atom. The molecule has 10 nitrogen and oxygen atoms in total. The van der Waals surface area contributed by atoms with Crippen LogP contribution in [-0.2, 0) is 20.9 Å². The van der Waals surface area contributed by atoms with Crippen LogP contribution in [0, 0.1) is 0 Å². The van der Waals surface area contributed by atoms with Crippen molar-refractivity contribution in [2.24, 2.45) is 4.99 Å². The molecule has 0 radical (unpaired) electrons. The maximum absolute atomic E-state index is 13.6. The summed E-state index contributed by atoms with van der Waals surface area (Å²) in [4.78, 5) is 49.1. The molecule has 1 aromatic carbocycles. The van der Waals surface area contributed by atoms with Gasteiger partial charge in [0, 0.05) is 37.7 Å². The number of nitrogens with zero attached hydrogens (tertiary/aromatic N) is 4. The lowest BCUT2D eigenvalue weighted by Crippen LogP contribution is -2.51. The van der Waals surface area contributed by atoms with Gasteiger partial charge in [-0.25, -0.2) is 9.79 Å². The second kappa shape index (κ2) is 16.0. The van der Waals surface area contributed by atoms with E-state index in [1.54, 1.807) is 25.8 Å². The van der Waals surface area contributed by atoms with Crippen molar-refractivity contribution in [2.45, 2.75) is 123 Å². The number of carbonyl (C=O) groups excluding carboxylic acids is 3. The van der Waals surface area contributed by atoms with Gasteiger partial charge in [0.25, 0.3) is 0 Å². The fraction of sp³-hybridized carbons (Fsp3) is 0.697. The topological polar surface area (TPSA) is 104 Å². The summed E-state index contributed by atoms with van der Waals surface area (Å²) < 4.78 is 11.6. The lowest BCUT2D eigenvalue weighted by atomic mass is 9.88. The molecule has 0 atom stereocenters. The molecule has 238 valence electrons. The summed E-state index contributed by atoms with van der Waals surface area (Å²) in [6.45, 7) is 6.62. The quantitative estimate of drug-likeness (QED) is 0.257. The predicted molar refractivity (Wildman–Crippen MR) is 167 cm³/mol. The number of fused-ring (bicyclic) bond motifs is 1. The van der Waals surface area contributed by atoms with Gasteiger partial charge in [0.15, 0.2) is 0 Å². The molecule has 0 bridgehead atoms. The van der Waals surface area contributed by atoms with E-state index in [2.05, 4.69) is 10.2 Å². The smallest absolute Gasteiger partial charge is 0.325 e. The summed E-state index contributed by atoms with van der Waals surface area (Å²) in [5.41, 5.74) is 1.53. The molecule has 2 aliphatic carbocycles. The molecule has 1 N–H and O–H groups in total. The van der Waals surface area contributed by atoms with E-state index in [-0.39, 0.29) is 24.6 Å². The van der Waals surface area contributed by atoms with Crippen LogP contribution >= 0.6 is 0 Å². The van der Waals surface area contributed by atoms with Gasteiger partial charge in [-0.05, 0) is 65.0 Å². The van der Waals surface area contributed by atoms with Gasteiger partial charge in [0.1, 0.15) is 12.3 Å². The number of ether oxygens (including phenoxy) is 2. The number of hydrogen-bond donors (Lipinski definition) is 1. The molecule has 1 heterocycles. The van der Waals surface area contributed by atoms with Crippen LogP contribution in [0.25, 0.3) is 0 Å². The second-order valence-electron chi connectivity index (χ2n) is 12.3. The van der Waals surface area contributed by atoms with Crippen LogP contribution in [0.3, 0.4) is 0 Å². The minimum Gasteiger partial charge on any atom is -0.493 e. The normalized spacial score (nSPS) is 17.6. The second-order valence-corrected chi connectivity index (χ2v) is 12.3. The van der Waals surface area contributed by atoms with Gasteiger partial charge in [0.2, 0.25) is 11.9 Å². The number of hydrogen-bond acceptors (Lipinski definition) is 7. The monoisotopic (exact) mass is 597 g/mol. The Labute approximate surface area is 257 Å². The van der Waals surface area contributed by atoms with E-state index in [1.807, 2.05) is 25.1 Å². The van der Waals surface area contributed by atoms with Gasteiger partial charge in [-0.2, -0.15) is 0 Å². The van der Waals surface area contributed by atoms with E-state index < -0.39 is 5.97 Å². The predicted octanol–water partition coefficient (Wildman–Crippen LogP) is 5.76. The van der Waals surface area contributed by atoms with Crippen molar-refractivity contribution in [2.75, 3.05) is 26.7 Å². The zero-order valence-corrected chi connectivity index (χ0v) is 26.6. The van der Waals surface area contributed by atoms with Gasteiger partial charge in [-0.1, -0.05) is 44.6 Å². The Bertz CT molecular complexity index is 1110. The van der Waals surface area contributed by atoms with Crippen molar-refractivity contribution in [1.29, 1.82) is 0 Å². The van der Waals surface area contributed by atoms with Crippen LogP contribution in [0.15, 0.2) is 23.2 Å². The first kappa shape index (κ1) is 32.6. The minimum absolute atomic E-state index is 0.0544. The van der Waals surface area contributed by atoms with Crippen LogP contribution in [0.1, 0.15) is 103 Å². The molecule has 4 rings (SSSR count). The molecular weight excluding hydrogens is 546 g/mol. The number of guanidine groups is 1. The number of aliphatic imine (C=N–C) groups is 1. The number of esters is 1. The minimum atomic E-state index is -0.396. The highest BCUT2D eigenvalue weighted by Gasteiger charge is 2.33. The highest BCUT2D eigenvalue weighted by Crippen LogP contribution is 2.35. The van der Waals surface area contributed by atoms with Crippen molar-refractivity contribution in [1.82, 2.24) is 20.0 Å². The third kappa shape index (κ3) is 8.86. The number of nitrogens with one attached hydrogen (secondary N) is 1. The zero-order valence-electron chi connectivity index (χ0n) is 26.6. The van der Waals surface area contributed by atoms with Crippen molar-refractivity contribution in [3.05, 3.63) is 23.8 Å². The molecule has 2 saturated carbocycles. The van der Waals surface area contributed by atoms with Crippen LogP contribution in [0.4, 0.5) is 10.5 Å². The first-order chi connectivity index (χ1) is 20.8. The van der Waals surface area contributed by atoms with Crippen LogP contribution < -0.4 is 10.1 Å². The number of rotatable bonds is 11. The van der Waals surface area contributed by atoms with E-state index in [4.69, 9.17) is 14.5 Å². The largest absolute Gasteiger partial charge is 0.493 e. The van der Waals surface area contributed by atoms with E-state index in [1.165, 1.54) is 43.4 Å². The first-order valence-corrected chi connectivity index (χ1v) is 16.4. The molecule has 0 saturated heterocycles. The molecule has 0 unspecified atom stereocenters. The Hall–Kier alpha value is -3.30. The van der Waals surface area contributed by atoms with Gasteiger partial charge < -0.3 is 24.6 Å². The lowest BCUT2D eigenvalue weighted by molar-refractivity contribution is -0.148. The molecule has 0 spiro atoms. The highest BCUT2D eigenvalue weighted by molar-refractivity contribution is 5.99. The maximum atomic E-state index is 13.6. The van der Waals surface area contributed by atoms with Crippen molar-refractivity contribution in [3.8, 4) is 5.75 Å². The number of carbonyl (C=O) groups is 3. The summed E-state index contributed by atoms with van der Waals surface area (Å²) in [7, 11) is 1.64. The molecule has 1 aromatic rings. The summed E-state index contributed by atoms with van der Waals surface area (Å²) >= 11 is 0. The molecule has 10 heteroatoms. The fourth-order valence-corrected chi connectivity index (χ4v) is 6.58. The molecule has 0 aromatic heterocycles. The van der Waals surface area contributed by atoms with Crippen LogP contribution in [0.5, 0.6) is 5.75 Å². The van der Waals surface area contributed by atoms with E-state index in [9.17, 15) is 14.4 Å². The molecule has 3 amide bonds. The third-order valence-corrected chi connectivity index (χ3v) is 8.60. The lowest BCUT2D eigenvalue weighted by Gasteiger charge is -2.42. The standard InChI is InChI=1S/C33H51N5O5/c1-5-34-33(41)36(4)32-35-28-18-12-19-29(27(28)22-37(32)23-31(40)43-24(2)3)42-21-13-20-30(39)38(25-14-8-6-9-15-25)26-16-10-7-11-17-26/h12,18-19,24-26H,5-11,13-17,20-23H2,1-4H3,(H,34,41). The molecule has 1 aliphatic heterocycles. The van der Waals surface area contributed by atoms with E-state index in [0.717, 1.165) is 31.2 Å². The SMILES string of the molecule is CCNC(=O)N(C)C1=Nc2cccc(OCCCC(=O)N(C3CCCCC3)C3CCCCC3)c2CN1CC(=O)OC(C)C. The fourth-order valence-electron chi connectivity index (χ4n) is 6.58. The number of amides is 3. The third-order valence-electron chi connectivity index (χ3n) is 8.60. The van der Waals surface area contributed by atoms with Gasteiger partial charge >= 0.3 is 12.0 Å². The number of urea groups is 1. The van der Waals surface area contributed by atoms with Crippen LogP contribution in [0.2, 0.25) is 0 Å². The average Bonchev–Trinajstić information content (AvgIpc) is 2.99. The Kier molecular flexibility index (Phi) is 12.1. The summed E-state index contributed by atoms with van der Waals surface area (Å²) in [5.74, 6) is 0.919. The highest BCUT2D eigenvalue weighted by atomic mass is 16.5. The molecule has 43 heavy (non-hydrogen) atoms. The number of benzene rings is 1. The summed E-state index contributed by atoms with van der Waals surface area (Å²) in [5, 5.41) is 2.78.